The highest BCUT2D eigenvalue weighted by atomic mass is 16.4. The van der Waals surface area contributed by atoms with E-state index in [4.69, 9.17) is 9.41 Å². The molecule has 0 amide bonds. The number of furan rings is 1. The quantitative estimate of drug-likeness (QED) is 0.870. The van der Waals surface area contributed by atoms with Crippen molar-refractivity contribution < 1.29 is 4.42 Å². The van der Waals surface area contributed by atoms with E-state index in [1.165, 1.54) is 25.7 Å². The minimum absolute atomic E-state index is 0.267. The van der Waals surface area contributed by atoms with Crippen LogP contribution in [0.15, 0.2) is 15.5 Å². The molecule has 1 N–H and O–H groups in total. The lowest BCUT2D eigenvalue weighted by molar-refractivity contribution is 0.512. The van der Waals surface area contributed by atoms with Gasteiger partial charge >= 0.3 is 0 Å². The van der Waals surface area contributed by atoms with Crippen LogP contribution in [0.25, 0.3) is 0 Å². The summed E-state index contributed by atoms with van der Waals surface area (Å²) in [4.78, 5) is 7.03. The van der Waals surface area contributed by atoms with Crippen molar-refractivity contribution in [3.63, 3.8) is 0 Å². The Bertz CT molecular complexity index is 523. The molecule has 0 bridgehead atoms. The Labute approximate surface area is 107 Å². The van der Waals surface area contributed by atoms with Crippen LogP contribution >= 0.6 is 0 Å². The summed E-state index contributed by atoms with van der Waals surface area (Å²) in [6.07, 6.45) is 5.03. The Morgan fingerprint density at radius 1 is 1.44 bits per heavy atom. The maximum absolute atomic E-state index is 5.89. The molecule has 4 rings (SSSR count). The lowest BCUT2D eigenvalue weighted by Crippen LogP contribution is -2.40. The van der Waals surface area contributed by atoms with Crippen LogP contribution < -0.4 is 10.2 Å². The van der Waals surface area contributed by atoms with Gasteiger partial charge in [-0.05, 0) is 45.6 Å². The third-order valence-electron chi connectivity index (χ3n) is 4.14. The first-order valence-electron chi connectivity index (χ1n) is 6.85. The van der Waals surface area contributed by atoms with E-state index >= 15 is 0 Å². The van der Waals surface area contributed by atoms with Crippen LogP contribution in [0.4, 0.5) is 5.88 Å². The summed E-state index contributed by atoms with van der Waals surface area (Å²) in [6.45, 7) is 5.01. The topological polar surface area (TPSA) is 40.8 Å². The van der Waals surface area contributed by atoms with Gasteiger partial charge in [0.05, 0.1) is 5.56 Å². The highest BCUT2D eigenvalue weighted by molar-refractivity contribution is 6.04. The van der Waals surface area contributed by atoms with Crippen molar-refractivity contribution in [2.75, 3.05) is 11.6 Å². The van der Waals surface area contributed by atoms with Gasteiger partial charge in [-0.3, -0.25) is 0 Å². The van der Waals surface area contributed by atoms with Crippen molar-refractivity contribution in [1.82, 2.24) is 5.32 Å². The molecular weight excluding hydrogens is 226 g/mol. The Morgan fingerprint density at radius 2 is 2.22 bits per heavy atom. The number of fused-ring (bicyclic) bond motifs is 1. The average molecular weight is 245 g/mol. The summed E-state index contributed by atoms with van der Waals surface area (Å²) >= 11 is 0. The van der Waals surface area contributed by atoms with Crippen LogP contribution in [0, 0.1) is 6.92 Å². The lowest BCUT2D eigenvalue weighted by atomic mass is 10.2. The molecule has 0 saturated heterocycles. The van der Waals surface area contributed by atoms with Crippen LogP contribution in [0.2, 0.25) is 0 Å². The molecule has 0 atom stereocenters. The van der Waals surface area contributed by atoms with E-state index in [-0.39, 0.29) is 5.54 Å². The van der Waals surface area contributed by atoms with Gasteiger partial charge in [-0.15, -0.1) is 0 Å². The van der Waals surface area contributed by atoms with Crippen molar-refractivity contribution in [3.8, 4) is 0 Å². The Hall–Kier alpha value is -1.45. The summed E-state index contributed by atoms with van der Waals surface area (Å²) in [5.74, 6) is 3.03. The van der Waals surface area contributed by atoms with E-state index in [0.29, 0.717) is 6.04 Å². The molecule has 2 saturated carbocycles. The summed E-state index contributed by atoms with van der Waals surface area (Å²) in [6, 6.07) is 2.76. The van der Waals surface area contributed by atoms with Crippen molar-refractivity contribution >= 4 is 11.7 Å². The molecule has 0 spiro atoms. The highest BCUT2D eigenvalue weighted by Gasteiger charge is 2.41. The molecule has 0 aromatic carbocycles. The van der Waals surface area contributed by atoms with Crippen molar-refractivity contribution in [2.24, 2.45) is 4.99 Å². The van der Waals surface area contributed by atoms with Gasteiger partial charge in [0.25, 0.3) is 0 Å². The normalized spacial score (nSPS) is 24.6. The molecule has 1 aliphatic heterocycles. The third kappa shape index (κ3) is 1.62. The van der Waals surface area contributed by atoms with Gasteiger partial charge in [-0.2, -0.15) is 0 Å². The van der Waals surface area contributed by atoms with E-state index < -0.39 is 0 Å². The number of nitrogens with zero attached hydrogens (tertiary/aromatic N) is 2. The van der Waals surface area contributed by atoms with E-state index in [0.717, 1.165) is 29.7 Å². The Morgan fingerprint density at radius 3 is 2.89 bits per heavy atom. The molecular formula is C14H19N3O. The first kappa shape index (κ1) is 10.5. The zero-order valence-corrected chi connectivity index (χ0v) is 11.0. The van der Waals surface area contributed by atoms with Crippen molar-refractivity contribution in [3.05, 3.63) is 17.4 Å². The summed E-state index contributed by atoms with van der Waals surface area (Å²) in [7, 11) is 0. The van der Waals surface area contributed by atoms with E-state index in [2.05, 4.69) is 23.2 Å². The van der Waals surface area contributed by atoms with E-state index in [1.54, 1.807) is 0 Å². The smallest absolute Gasteiger partial charge is 0.208 e. The number of anilines is 1. The first-order chi connectivity index (χ1) is 8.65. The SMILES string of the molecule is Cc1cc2c(o1)N(C1CC1)CN=C2NC1(C)CC1. The molecule has 1 aromatic heterocycles. The molecule has 1 aromatic rings. The maximum atomic E-state index is 5.89. The minimum Gasteiger partial charge on any atom is -0.445 e. The molecule has 0 radical (unpaired) electrons. The Balaban J connectivity index is 1.69. The van der Waals surface area contributed by atoms with Gasteiger partial charge in [0.15, 0.2) is 0 Å². The predicted octanol–water partition coefficient (Wildman–Crippen LogP) is 2.42. The second-order valence-electron chi connectivity index (χ2n) is 6.11. The average Bonchev–Trinajstić information content (AvgIpc) is 3.22. The summed E-state index contributed by atoms with van der Waals surface area (Å²) in [5, 5.41) is 3.58. The second kappa shape index (κ2) is 3.31. The fourth-order valence-corrected chi connectivity index (χ4v) is 2.55. The zero-order chi connectivity index (χ0) is 12.3. The zero-order valence-electron chi connectivity index (χ0n) is 11.0. The van der Waals surface area contributed by atoms with Crippen molar-refractivity contribution in [1.29, 1.82) is 0 Å². The van der Waals surface area contributed by atoms with Gasteiger partial charge in [-0.25, -0.2) is 4.99 Å². The third-order valence-corrected chi connectivity index (χ3v) is 4.14. The van der Waals surface area contributed by atoms with E-state index in [1.807, 2.05) is 6.92 Å². The molecule has 4 heteroatoms. The highest BCUT2D eigenvalue weighted by Crippen LogP contribution is 2.39. The van der Waals surface area contributed by atoms with Gasteiger partial charge in [0, 0.05) is 11.6 Å². The standard InChI is InChI=1S/C14H19N3O/c1-9-7-11-12(16-14(2)5-6-14)15-8-17(10-3-4-10)13(11)18-9/h7,10H,3-6,8H2,1-2H3,(H,15,16). The fourth-order valence-electron chi connectivity index (χ4n) is 2.55. The lowest BCUT2D eigenvalue weighted by Gasteiger charge is -2.27. The van der Waals surface area contributed by atoms with Crippen LogP contribution in [-0.4, -0.2) is 24.1 Å². The van der Waals surface area contributed by atoms with Crippen LogP contribution in [0.3, 0.4) is 0 Å². The molecule has 96 valence electrons. The number of nitrogens with one attached hydrogen (secondary N) is 1. The maximum Gasteiger partial charge on any atom is 0.208 e. The van der Waals surface area contributed by atoms with Gasteiger partial charge in [-0.1, -0.05) is 0 Å². The molecule has 4 nitrogen and oxygen atoms in total. The number of rotatable bonds is 2. The van der Waals surface area contributed by atoms with Crippen LogP contribution in [0.1, 0.15) is 43.9 Å². The predicted molar refractivity (Wildman–Crippen MR) is 71.1 cm³/mol. The molecule has 0 unspecified atom stereocenters. The van der Waals surface area contributed by atoms with Crippen LogP contribution in [0.5, 0.6) is 0 Å². The van der Waals surface area contributed by atoms with Crippen molar-refractivity contribution in [2.45, 2.75) is 51.1 Å². The summed E-state index contributed by atoms with van der Waals surface area (Å²) in [5.41, 5.74) is 1.42. The number of aryl methyl sites for hydroxylation is 1. The number of aliphatic imine (C=N–C) groups is 1. The molecule has 2 fully saturated rings. The second-order valence-corrected chi connectivity index (χ2v) is 6.11. The largest absolute Gasteiger partial charge is 0.445 e. The molecule has 18 heavy (non-hydrogen) atoms. The summed E-state index contributed by atoms with van der Waals surface area (Å²) < 4.78 is 5.89. The molecule has 2 heterocycles. The number of hydrogen-bond acceptors (Lipinski definition) is 4. The number of amidine groups is 1. The van der Waals surface area contributed by atoms with Gasteiger partial charge in [0.1, 0.15) is 18.3 Å². The van der Waals surface area contributed by atoms with E-state index in [9.17, 15) is 0 Å². The Kier molecular flexibility index (Phi) is 1.92. The monoisotopic (exact) mass is 245 g/mol. The fraction of sp³-hybridized carbons (Fsp3) is 0.643. The van der Waals surface area contributed by atoms with Crippen LogP contribution in [-0.2, 0) is 0 Å². The molecule has 2 aliphatic carbocycles. The van der Waals surface area contributed by atoms with Gasteiger partial charge < -0.3 is 14.6 Å². The minimum atomic E-state index is 0.267. The number of hydrogen-bond donors (Lipinski definition) is 1. The first-order valence-corrected chi connectivity index (χ1v) is 6.85. The molecule has 3 aliphatic rings. The van der Waals surface area contributed by atoms with Gasteiger partial charge in [0.2, 0.25) is 5.88 Å².